The van der Waals surface area contributed by atoms with Gasteiger partial charge in [-0.2, -0.15) is 0 Å². The van der Waals surface area contributed by atoms with E-state index < -0.39 is 23.5 Å². The molecule has 0 saturated heterocycles. The van der Waals surface area contributed by atoms with Crippen molar-refractivity contribution in [3.8, 4) is 0 Å². The topological polar surface area (TPSA) is 233 Å². The number of hydrogen-bond donors (Lipinski definition) is 9. The van der Waals surface area contributed by atoms with Crippen molar-refractivity contribution in [2.45, 2.75) is 0 Å². The van der Waals surface area contributed by atoms with Gasteiger partial charge in [0, 0.05) is 77.9 Å². The maximum Gasteiger partial charge on any atom is 0.466 e. The molecule has 104 valence electrons. The first kappa shape index (κ1) is 43.1. The van der Waals surface area contributed by atoms with Crippen molar-refractivity contribution < 1.29 is 136 Å². The predicted octanol–water partition coefficient (Wildman–Crippen LogP) is -2.80. The largest absolute Gasteiger partial charge is 0.466 e. The van der Waals surface area contributed by atoms with E-state index in [0.29, 0.717) is 0 Å². The summed E-state index contributed by atoms with van der Waals surface area (Å²) in [5.74, 6) is 0. The second kappa shape index (κ2) is 18.9. The molecule has 0 aliphatic heterocycles. The van der Waals surface area contributed by atoms with Crippen molar-refractivity contribution in [3.05, 3.63) is 0 Å². The van der Waals surface area contributed by atoms with E-state index in [1.54, 1.807) is 0 Å². The van der Waals surface area contributed by atoms with Gasteiger partial charge < -0.3 is 44.0 Å². The number of rotatable bonds is 0. The average Bonchev–Trinajstić information content (AvgIpc) is 1.41. The molecule has 9 N–H and O–H groups in total. The van der Waals surface area contributed by atoms with Crippen LogP contribution in [0.15, 0.2) is 0 Å². The molecule has 0 unspecified atom stereocenters. The fourth-order valence-electron chi connectivity index (χ4n) is 0. The first-order valence-corrected chi connectivity index (χ1v) is 7.04. The van der Waals surface area contributed by atoms with Crippen LogP contribution in [0.2, 0.25) is 0 Å². The molecule has 12 nitrogen and oxygen atoms in total. The van der Waals surface area contributed by atoms with Gasteiger partial charge >= 0.3 is 23.5 Å². The SMILES string of the molecule is O=P(O)(O)O.O=P(O)(O)O.O=P(O)(O)O.[Zn].[Zn].[Zn].[Zn]. The zero-order valence-electron chi connectivity index (χ0n) is 9.42. The van der Waals surface area contributed by atoms with E-state index in [1.165, 1.54) is 0 Å². The molecule has 0 atom stereocenters. The first-order chi connectivity index (χ1) is 6.00. The Morgan fingerprint density at radius 1 is 0.368 bits per heavy atom. The molecule has 0 aromatic heterocycles. The van der Waals surface area contributed by atoms with Crippen LogP contribution < -0.4 is 0 Å². The molecule has 19 heavy (non-hydrogen) atoms. The molecule has 0 aromatic rings. The Balaban J connectivity index is -0.0000000206. The van der Waals surface area contributed by atoms with Gasteiger partial charge in [0.05, 0.1) is 0 Å². The van der Waals surface area contributed by atoms with Gasteiger partial charge in [0.15, 0.2) is 0 Å². The molecular weight excluding hydrogens is 546 g/mol. The van der Waals surface area contributed by atoms with Gasteiger partial charge in [-0.15, -0.1) is 0 Å². The first-order valence-electron chi connectivity index (χ1n) is 2.35. The summed E-state index contributed by atoms with van der Waals surface area (Å²) in [4.78, 5) is 64.7. The molecule has 0 saturated carbocycles. The van der Waals surface area contributed by atoms with Crippen LogP contribution in [0.5, 0.6) is 0 Å². The van der Waals surface area contributed by atoms with Gasteiger partial charge in [-0.25, -0.2) is 13.7 Å². The summed E-state index contributed by atoms with van der Waals surface area (Å²) < 4.78 is 26.6. The zero-order valence-corrected chi connectivity index (χ0v) is 24.0. The molecule has 0 rings (SSSR count). The number of phosphoric acid groups is 3. The molecular formula is H9O12P3Zn4. The van der Waals surface area contributed by atoms with Crippen LogP contribution in [0.4, 0.5) is 0 Å². The Morgan fingerprint density at radius 3 is 0.368 bits per heavy atom. The molecule has 0 aliphatic rings. The van der Waals surface area contributed by atoms with Crippen molar-refractivity contribution in [1.82, 2.24) is 0 Å². The Kier molecular flexibility index (Phi) is 42.8. The van der Waals surface area contributed by atoms with E-state index in [4.69, 9.17) is 57.7 Å². The van der Waals surface area contributed by atoms with Crippen molar-refractivity contribution in [2.75, 3.05) is 0 Å². The predicted molar refractivity (Wildman–Crippen MR) is 42.8 cm³/mol. The van der Waals surface area contributed by atoms with Gasteiger partial charge in [0.1, 0.15) is 0 Å². The van der Waals surface area contributed by atoms with Gasteiger partial charge in [0.2, 0.25) is 0 Å². The van der Waals surface area contributed by atoms with E-state index >= 15 is 0 Å². The Hall–Kier alpha value is 2.82. The van der Waals surface area contributed by atoms with E-state index in [-0.39, 0.29) is 77.9 Å². The standard InChI is InChI=1S/3H3O4P.4Zn/c3*1-5(2,3)4;;;;/h3*(H3,1,2,3,4);;;;. The van der Waals surface area contributed by atoms with E-state index in [0.717, 1.165) is 0 Å². The second-order valence-corrected chi connectivity index (χ2v) is 4.62. The van der Waals surface area contributed by atoms with E-state index in [1.807, 2.05) is 0 Å². The summed E-state index contributed by atoms with van der Waals surface area (Å²) in [5.41, 5.74) is 0. The Labute approximate surface area is 158 Å². The minimum absolute atomic E-state index is 0. The van der Waals surface area contributed by atoms with E-state index in [9.17, 15) is 0 Å². The van der Waals surface area contributed by atoms with Gasteiger partial charge in [-0.1, -0.05) is 0 Å². The summed E-state index contributed by atoms with van der Waals surface area (Å²) in [5, 5.41) is 0. The van der Waals surface area contributed by atoms with E-state index in [2.05, 4.69) is 0 Å². The third-order valence-corrected chi connectivity index (χ3v) is 0. The zero-order chi connectivity index (χ0) is 13.5. The van der Waals surface area contributed by atoms with Crippen LogP contribution in [0.1, 0.15) is 0 Å². The van der Waals surface area contributed by atoms with Crippen molar-refractivity contribution in [3.63, 3.8) is 0 Å². The molecule has 0 heterocycles. The molecule has 0 bridgehead atoms. The fourth-order valence-corrected chi connectivity index (χ4v) is 0. The molecule has 0 amide bonds. The van der Waals surface area contributed by atoms with Crippen LogP contribution in [0.3, 0.4) is 0 Å². The molecule has 19 heteroatoms. The average molecular weight is 556 g/mol. The van der Waals surface area contributed by atoms with Crippen LogP contribution in [0, 0.1) is 0 Å². The van der Waals surface area contributed by atoms with Gasteiger partial charge in [0.25, 0.3) is 0 Å². The van der Waals surface area contributed by atoms with Crippen molar-refractivity contribution in [1.29, 1.82) is 0 Å². The van der Waals surface area contributed by atoms with Crippen LogP contribution >= 0.6 is 23.5 Å². The quantitative estimate of drug-likeness (QED) is 0.109. The minimum atomic E-state index is -4.64. The van der Waals surface area contributed by atoms with Crippen LogP contribution in [-0.2, 0) is 91.6 Å². The third-order valence-electron chi connectivity index (χ3n) is 0. The Morgan fingerprint density at radius 2 is 0.368 bits per heavy atom. The summed E-state index contributed by atoms with van der Waals surface area (Å²) in [6.07, 6.45) is 0. The molecule has 0 aromatic carbocycles. The van der Waals surface area contributed by atoms with Gasteiger partial charge in [-0.3, -0.25) is 0 Å². The molecule has 0 aliphatic carbocycles. The van der Waals surface area contributed by atoms with Crippen molar-refractivity contribution in [2.24, 2.45) is 0 Å². The number of hydrogen-bond acceptors (Lipinski definition) is 3. The van der Waals surface area contributed by atoms with Crippen LogP contribution in [-0.4, -0.2) is 44.0 Å². The third kappa shape index (κ3) is 926. The minimum Gasteiger partial charge on any atom is -0.303 e. The summed E-state index contributed by atoms with van der Waals surface area (Å²) >= 11 is 0. The fraction of sp³-hybridized carbons (Fsp3) is 0. The summed E-state index contributed by atoms with van der Waals surface area (Å²) in [6, 6.07) is 0. The van der Waals surface area contributed by atoms with Crippen LogP contribution in [0.25, 0.3) is 0 Å². The molecule has 0 fully saturated rings. The van der Waals surface area contributed by atoms with Gasteiger partial charge in [-0.05, 0) is 0 Å². The summed E-state index contributed by atoms with van der Waals surface area (Å²) in [7, 11) is -13.9. The maximum absolute atomic E-state index is 8.88. The van der Waals surface area contributed by atoms with Crippen molar-refractivity contribution >= 4 is 23.5 Å². The maximum atomic E-state index is 8.88. The summed E-state index contributed by atoms with van der Waals surface area (Å²) in [6.45, 7) is 0. The normalized spacial score (nSPS) is 9.32. The molecule has 0 spiro atoms. The smallest absolute Gasteiger partial charge is 0.303 e. The Bertz CT molecular complexity index is 211. The monoisotopic (exact) mass is 550 g/mol. The second-order valence-electron chi connectivity index (χ2n) is 1.54. The molecule has 0 radical (unpaired) electrons.